The highest BCUT2D eigenvalue weighted by Gasteiger charge is 1.86. The molecular weight excluding hydrogens is 133 g/mol. The molecule has 0 aliphatic carbocycles. The van der Waals surface area contributed by atoms with E-state index in [1.54, 1.807) is 0 Å². The Labute approximate surface area is 53.6 Å². The third-order valence-electron chi connectivity index (χ3n) is 0. The molecule has 0 heterocycles. The van der Waals surface area contributed by atoms with Crippen LogP contribution in [-0.4, -0.2) is 6.68 Å². The van der Waals surface area contributed by atoms with Crippen LogP contribution < -0.4 is 12.3 Å². The topological polar surface area (TPSA) is 70.0 Å². The van der Waals surface area contributed by atoms with Gasteiger partial charge >= 0.3 is 6.68 Å². The van der Waals surface area contributed by atoms with Crippen LogP contribution in [0.3, 0.4) is 0 Å². The second-order valence-corrected chi connectivity index (χ2v) is 0.955. The Morgan fingerprint density at radius 2 is 1.00 bits per heavy atom. The fourth-order valence-corrected chi connectivity index (χ4v) is 0. The molecule has 0 aliphatic heterocycles. The Morgan fingerprint density at radius 1 is 1.00 bits per heavy atom. The van der Waals surface area contributed by atoms with Crippen LogP contribution in [-0.2, 0) is 0 Å². The maximum Gasteiger partial charge on any atom is 0.379 e. The summed E-state index contributed by atoms with van der Waals surface area (Å²) in [5.41, 5.74) is 0. The zero-order chi connectivity index (χ0) is 6.28. The second kappa shape index (κ2) is 25.2. The van der Waals surface area contributed by atoms with Crippen LogP contribution in [0, 0.1) is 0 Å². The molecule has 2 nitrogen and oxygen atoms in total. The summed E-state index contributed by atoms with van der Waals surface area (Å²) < 4.78 is 29.0. The molecule has 0 saturated heterocycles. The van der Waals surface area contributed by atoms with E-state index in [0.29, 0.717) is 0 Å². The summed E-state index contributed by atoms with van der Waals surface area (Å²) >= 11 is 0. The predicted molar refractivity (Wildman–Crippen MR) is 33.1 cm³/mol. The summed E-state index contributed by atoms with van der Waals surface area (Å²) in [5, 5.41) is 0. The molecular formula is C4H15F3N2. The van der Waals surface area contributed by atoms with Crippen LogP contribution >= 0.6 is 0 Å². The second-order valence-electron chi connectivity index (χ2n) is 0.955. The molecule has 6 N–H and O–H groups in total. The Bertz CT molecular complexity index is 25.0. The van der Waals surface area contributed by atoms with Crippen molar-refractivity contribution >= 4 is 0 Å². The normalized spacial score (nSPS) is 6.00. The highest BCUT2D eigenvalue weighted by molar-refractivity contribution is 3.92. The fourth-order valence-electron chi connectivity index (χ4n) is 0. The van der Waals surface area contributed by atoms with Gasteiger partial charge in [0.15, 0.2) is 0 Å². The van der Waals surface area contributed by atoms with Crippen molar-refractivity contribution in [1.82, 2.24) is 12.3 Å². The highest BCUT2D eigenvalue weighted by Crippen LogP contribution is 1.87. The lowest BCUT2D eigenvalue weighted by atomic mass is 10.6. The maximum atomic E-state index is 9.67. The molecule has 0 aromatic heterocycles. The van der Waals surface area contributed by atoms with Gasteiger partial charge in [-0.25, -0.2) is 0 Å². The zero-order valence-corrected chi connectivity index (χ0v) is 5.83. The lowest BCUT2D eigenvalue weighted by Gasteiger charge is -1.65. The van der Waals surface area contributed by atoms with Crippen molar-refractivity contribution in [3.8, 4) is 0 Å². The molecule has 0 unspecified atom stereocenters. The van der Waals surface area contributed by atoms with E-state index < -0.39 is 6.68 Å². The van der Waals surface area contributed by atoms with Gasteiger partial charge in [-0.15, -0.1) is 0 Å². The van der Waals surface area contributed by atoms with Gasteiger partial charge in [0.25, 0.3) is 0 Å². The van der Waals surface area contributed by atoms with E-state index in [-0.39, 0.29) is 12.3 Å². The van der Waals surface area contributed by atoms with Crippen molar-refractivity contribution < 1.29 is 13.2 Å². The lowest BCUT2D eigenvalue weighted by Crippen LogP contribution is -1.65. The summed E-state index contributed by atoms with van der Waals surface area (Å²) in [6.07, 6.45) is 1.25. The molecule has 0 fully saturated rings. The molecule has 0 rings (SSSR count). The monoisotopic (exact) mass is 148 g/mol. The van der Waals surface area contributed by atoms with Crippen LogP contribution in [0.1, 0.15) is 20.3 Å². The Balaban J connectivity index is -0.0000000233. The lowest BCUT2D eigenvalue weighted by molar-refractivity contribution is 0.00819. The van der Waals surface area contributed by atoms with Crippen molar-refractivity contribution in [2.24, 2.45) is 0 Å². The molecule has 0 aliphatic rings. The number of halogens is 3. The van der Waals surface area contributed by atoms with Gasteiger partial charge < -0.3 is 12.3 Å². The first-order valence-electron chi connectivity index (χ1n) is 2.07. The largest absolute Gasteiger partial charge is 0.379 e. The van der Waals surface area contributed by atoms with Crippen molar-refractivity contribution in [2.45, 2.75) is 26.9 Å². The Morgan fingerprint density at radius 3 is 1.00 bits per heavy atom. The van der Waals surface area contributed by atoms with Crippen LogP contribution in [0.2, 0.25) is 0 Å². The highest BCUT2D eigenvalue weighted by atomic mass is 19.4. The molecule has 0 bridgehead atoms. The van der Waals surface area contributed by atoms with E-state index >= 15 is 0 Å². The number of hydrogen-bond donors (Lipinski definition) is 2. The fraction of sp³-hybridized carbons (Fsp3) is 1.00. The molecule has 62 valence electrons. The Kier molecular flexibility index (Phi) is 65.4. The smallest absolute Gasteiger partial charge is 0.344 e. The first-order valence-corrected chi connectivity index (χ1v) is 2.07. The van der Waals surface area contributed by atoms with Crippen LogP contribution in [0.4, 0.5) is 13.2 Å². The standard InChI is InChI=1S/C3H8.CHF3.2H3N/c1-3-2;2-1(3)4;;/h3H2,1-2H3;1H;2*1H3. The zero-order valence-electron chi connectivity index (χ0n) is 5.83. The van der Waals surface area contributed by atoms with Crippen molar-refractivity contribution in [3.63, 3.8) is 0 Å². The van der Waals surface area contributed by atoms with Gasteiger partial charge in [-0.3, -0.25) is 0 Å². The van der Waals surface area contributed by atoms with Gasteiger partial charge in [-0.1, -0.05) is 20.3 Å². The maximum absolute atomic E-state index is 9.67. The predicted octanol–water partition coefficient (Wildman–Crippen LogP) is 2.92. The number of alkyl halides is 3. The third-order valence-corrected chi connectivity index (χ3v) is 0. The molecule has 9 heavy (non-hydrogen) atoms. The Hall–Kier alpha value is -0.290. The van der Waals surface area contributed by atoms with Crippen LogP contribution in [0.25, 0.3) is 0 Å². The van der Waals surface area contributed by atoms with E-state index in [1.807, 2.05) is 0 Å². The van der Waals surface area contributed by atoms with Crippen LogP contribution in [0.15, 0.2) is 0 Å². The van der Waals surface area contributed by atoms with Gasteiger partial charge in [0, 0.05) is 0 Å². The van der Waals surface area contributed by atoms with E-state index in [9.17, 15) is 13.2 Å². The van der Waals surface area contributed by atoms with Gasteiger partial charge in [-0.05, 0) is 0 Å². The minimum absolute atomic E-state index is 0. The SMILES string of the molecule is CCC.FC(F)F.N.N. The molecule has 0 aromatic rings. The first kappa shape index (κ1) is 23.3. The molecule has 0 radical (unpaired) electrons. The van der Waals surface area contributed by atoms with Crippen molar-refractivity contribution in [1.29, 1.82) is 0 Å². The van der Waals surface area contributed by atoms with Gasteiger partial charge in [0.2, 0.25) is 0 Å². The summed E-state index contributed by atoms with van der Waals surface area (Å²) in [7, 11) is 0. The summed E-state index contributed by atoms with van der Waals surface area (Å²) in [5.74, 6) is 0. The first-order chi connectivity index (χ1) is 3.15. The molecule has 5 heteroatoms. The molecule has 0 aromatic carbocycles. The molecule has 0 spiro atoms. The summed E-state index contributed by atoms with van der Waals surface area (Å²) in [6.45, 7) is 0.583. The van der Waals surface area contributed by atoms with Gasteiger partial charge in [0.1, 0.15) is 0 Å². The van der Waals surface area contributed by atoms with Gasteiger partial charge in [-0.2, -0.15) is 13.2 Å². The number of rotatable bonds is 0. The van der Waals surface area contributed by atoms with Crippen molar-refractivity contribution in [2.75, 3.05) is 0 Å². The van der Waals surface area contributed by atoms with E-state index in [1.165, 1.54) is 6.42 Å². The van der Waals surface area contributed by atoms with Crippen molar-refractivity contribution in [3.05, 3.63) is 0 Å². The molecule has 0 amide bonds. The number of hydrogen-bond acceptors (Lipinski definition) is 2. The average Bonchev–Trinajstić information content (AvgIpc) is 1.33. The minimum atomic E-state index is -3.67. The summed E-state index contributed by atoms with van der Waals surface area (Å²) in [4.78, 5) is 0. The van der Waals surface area contributed by atoms with E-state index in [0.717, 1.165) is 0 Å². The third kappa shape index (κ3) is 2990. The van der Waals surface area contributed by atoms with Gasteiger partial charge in [0.05, 0.1) is 0 Å². The molecule has 0 atom stereocenters. The quantitative estimate of drug-likeness (QED) is 0.554. The average molecular weight is 148 g/mol. The van der Waals surface area contributed by atoms with E-state index in [2.05, 4.69) is 13.8 Å². The summed E-state index contributed by atoms with van der Waals surface area (Å²) in [6, 6.07) is 0. The van der Waals surface area contributed by atoms with E-state index in [4.69, 9.17) is 0 Å². The molecule has 0 saturated carbocycles. The van der Waals surface area contributed by atoms with Crippen LogP contribution in [0.5, 0.6) is 0 Å². The minimum Gasteiger partial charge on any atom is -0.344 e.